The monoisotopic (exact) mass is 358 g/mol. The first-order valence-electron chi connectivity index (χ1n) is 6.88. The van der Waals surface area contributed by atoms with Crippen LogP contribution in [0.25, 0.3) is 5.69 Å². The Morgan fingerprint density at radius 1 is 1.18 bits per heavy atom. The van der Waals surface area contributed by atoms with Gasteiger partial charge in [0.1, 0.15) is 18.5 Å². The van der Waals surface area contributed by atoms with Crippen LogP contribution in [-0.4, -0.2) is 21.3 Å². The molecule has 0 aliphatic carbocycles. The summed E-state index contributed by atoms with van der Waals surface area (Å²) in [5, 5.41) is 10.3. The van der Waals surface area contributed by atoms with E-state index in [0.717, 1.165) is 15.7 Å². The molecule has 0 saturated carbocycles. The summed E-state index contributed by atoms with van der Waals surface area (Å²) in [5.41, 5.74) is 1.70. The average molecular weight is 359 g/mol. The number of imidazole rings is 1. The van der Waals surface area contributed by atoms with Gasteiger partial charge in [0.25, 0.3) is 0 Å². The largest absolute Gasteiger partial charge is 0.488 e. The molecule has 1 unspecified atom stereocenters. The number of hydrogen-bond acceptors (Lipinski definition) is 3. The summed E-state index contributed by atoms with van der Waals surface area (Å²) in [7, 11) is 0. The van der Waals surface area contributed by atoms with Crippen LogP contribution in [0.5, 0.6) is 5.75 Å². The molecule has 3 aromatic rings. The molecular formula is C17H15BrN2O2. The van der Waals surface area contributed by atoms with E-state index in [9.17, 15) is 5.11 Å². The van der Waals surface area contributed by atoms with Gasteiger partial charge in [0.2, 0.25) is 0 Å². The number of aliphatic hydroxyl groups is 1. The third-order valence-electron chi connectivity index (χ3n) is 3.28. The number of aromatic nitrogens is 2. The summed E-state index contributed by atoms with van der Waals surface area (Å²) in [4.78, 5) is 4.05. The Morgan fingerprint density at radius 2 is 2.05 bits per heavy atom. The lowest BCUT2D eigenvalue weighted by Gasteiger charge is -2.15. The van der Waals surface area contributed by atoms with Gasteiger partial charge in [0.15, 0.2) is 0 Å². The van der Waals surface area contributed by atoms with Gasteiger partial charge in [-0.05, 0) is 29.8 Å². The van der Waals surface area contributed by atoms with Crippen LogP contribution >= 0.6 is 15.9 Å². The predicted octanol–water partition coefficient (Wildman–Crippen LogP) is 3.75. The zero-order chi connectivity index (χ0) is 15.4. The van der Waals surface area contributed by atoms with Crippen LogP contribution in [0.3, 0.4) is 0 Å². The lowest BCUT2D eigenvalue weighted by Crippen LogP contribution is -2.10. The number of ether oxygens (including phenoxy) is 1. The highest BCUT2D eigenvalue weighted by molar-refractivity contribution is 9.10. The molecule has 5 heteroatoms. The third kappa shape index (κ3) is 3.37. The normalized spacial score (nSPS) is 12.1. The first-order valence-corrected chi connectivity index (χ1v) is 7.67. The van der Waals surface area contributed by atoms with Gasteiger partial charge in [-0.15, -0.1) is 0 Å². The van der Waals surface area contributed by atoms with Crippen molar-refractivity contribution in [2.75, 3.05) is 6.61 Å². The third-order valence-corrected chi connectivity index (χ3v) is 3.77. The standard InChI is InChI=1S/C17H15BrN2O2/c18-14-5-3-4-13(10-14)16(21)11-22-17-7-2-1-6-15(17)20-9-8-19-12-20/h1-10,12,16,21H,11H2. The lowest BCUT2D eigenvalue weighted by molar-refractivity contribution is 0.108. The van der Waals surface area contributed by atoms with E-state index in [1.165, 1.54) is 0 Å². The van der Waals surface area contributed by atoms with Crippen molar-refractivity contribution in [2.45, 2.75) is 6.10 Å². The van der Waals surface area contributed by atoms with Crippen molar-refractivity contribution in [1.82, 2.24) is 9.55 Å². The topological polar surface area (TPSA) is 47.3 Å². The van der Waals surface area contributed by atoms with E-state index in [-0.39, 0.29) is 6.61 Å². The maximum absolute atomic E-state index is 10.3. The molecule has 0 fully saturated rings. The fourth-order valence-electron chi connectivity index (χ4n) is 2.17. The molecule has 0 spiro atoms. The first-order chi connectivity index (χ1) is 10.7. The van der Waals surface area contributed by atoms with E-state index in [2.05, 4.69) is 20.9 Å². The highest BCUT2D eigenvalue weighted by Gasteiger charge is 2.11. The lowest BCUT2D eigenvalue weighted by atomic mass is 10.1. The minimum Gasteiger partial charge on any atom is -0.488 e. The second kappa shape index (κ2) is 6.77. The second-order valence-electron chi connectivity index (χ2n) is 4.82. The van der Waals surface area contributed by atoms with Crippen LogP contribution in [0, 0.1) is 0 Å². The number of aliphatic hydroxyl groups excluding tert-OH is 1. The zero-order valence-electron chi connectivity index (χ0n) is 11.8. The SMILES string of the molecule is OC(COc1ccccc1-n1ccnc1)c1cccc(Br)c1. The van der Waals surface area contributed by atoms with Crippen molar-refractivity contribution in [3.63, 3.8) is 0 Å². The molecule has 22 heavy (non-hydrogen) atoms. The fraction of sp³-hybridized carbons (Fsp3) is 0.118. The van der Waals surface area contributed by atoms with E-state index in [4.69, 9.17) is 4.74 Å². The zero-order valence-corrected chi connectivity index (χ0v) is 13.3. The summed E-state index contributed by atoms with van der Waals surface area (Å²) in [6.07, 6.45) is 4.60. The van der Waals surface area contributed by atoms with Crippen LogP contribution in [0.2, 0.25) is 0 Å². The molecule has 0 aliphatic rings. The summed E-state index contributed by atoms with van der Waals surface area (Å²) in [6.45, 7) is 0.183. The molecule has 0 saturated heterocycles. The summed E-state index contributed by atoms with van der Waals surface area (Å²) in [5.74, 6) is 0.703. The summed E-state index contributed by atoms with van der Waals surface area (Å²) < 4.78 is 8.61. The molecule has 0 radical (unpaired) electrons. The van der Waals surface area contributed by atoms with Crippen molar-refractivity contribution in [3.8, 4) is 11.4 Å². The molecule has 0 aliphatic heterocycles. The first kappa shape index (κ1) is 14.8. The summed E-state index contributed by atoms with van der Waals surface area (Å²) >= 11 is 3.40. The molecule has 112 valence electrons. The van der Waals surface area contributed by atoms with Gasteiger partial charge in [-0.1, -0.05) is 40.2 Å². The summed E-state index contributed by atoms with van der Waals surface area (Å²) in [6, 6.07) is 15.2. The van der Waals surface area contributed by atoms with Crippen LogP contribution in [0.4, 0.5) is 0 Å². The molecule has 1 heterocycles. The van der Waals surface area contributed by atoms with Gasteiger partial charge in [0.05, 0.1) is 12.0 Å². The van der Waals surface area contributed by atoms with Gasteiger partial charge < -0.3 is 14.4 Å². The molecule has 4 nitrogen and oxygen atoms in total. The van der Waals surface area contributed by atoms with Crippen LogP contribution in [0.1, 0.15) is 11.7 Å². The van der Waals surface area contributed by atoms with E-state index < -0.39 is 6.10 Å². The molecule has 0 bridgehead atoms. The van der Waals surface area contributed by atoms with E-state index >= 15 is 0 Å². The molecule has 1 atom stereocenters. The quantitative estimate of drug-likeness (QED) is 0.755. The Hall–Kier alpha value is -2.11. The van der Waals surface area contributed by atoms with E-state index in [1.807, 2.05) is 59.3 Å². The van der Waals surface area contributed by atoms with Crippen molar-refractivity contribution in [2.24, 2.45) is 0 Å². The number of nitrogens with zero attached hydrogens (tertiary/aromatic N) is 2. The van der Waals surface area contributed by atoms with E-state index in [0.29, 0.717) is 5.75 Å². The maximum Gasteiger partial charge on any atom is 0.143 e. The number of rotatable bonds is 5. The van der Waals surface area contributed by atoms with Crippen LogP contribution in [0.15, 0.2) is 71.7 Å². The van der Waals surface area contributed by atoms with Crippen molar-refractivity contribution in [1.29, 1.82) is 0 Å². The Bertz CT molecular complexity index is 744. The molecule has 1 N–H and O–H groups in total. The minimum atomic E-state index is -0.687. The number of para-hydroxylation sites is 2. The highest BCUT2D eigenvalue weighted by atomic mass is 79.9. The molecule has 2 aromatic carbocycles. The number of hydrogen-bond donors (Lipinski definition) is 1. The van der Waals surface area contributed by atoms with Gasteiger partial charge >= 0.3 is 0 Å². The Morgan fingerprint density at radius 3 is 2.82 bits per heavy atom. The molecule has 1 aromatic heterocycles. The van der Waals surface area contributed by atoms with Crippen molar-refractivity contribution < 1.29 is 9.84 Å². The number of benzene rings is 2. The Balaban J connectivity index is 1.74. The second-order valence-corrected chi connectivity index (χ2v) is 5.74. The fourth-order valence-corrected chi connectivity index (χ4v) is 2.59. The number of halogens is 1. The highest BCUT2D eigenvalue weighted by Crippen LogP contribution is 2.24. The Kier molecular flexibility index (Phi) is 4.56. The molecule has 3 rings (SSSR count). The predicted molar refractivity (Wildman–Crippen MR) is 88.2 cm³/mol. The van der Waals surface area contributed by atoms with Gasteiger partial charge in [-0.3, -0.25) is 0 Å². The van der Waals surface area contributed by atoms with Gasteiger partial charge in [-0.2, -0.15) is 0 Å². The Labute approximate surface area is 137 Å². The maximum atomic E-state index is 10.3. The molecular weight excluding hydrogens is 344 g/mol. The van der Waals surface area contributed by atoms with Gasteiger partial charge in [0, 0.05) is 16.9 Å². The van der Waals surface area contributed by atoms with Crippen LogP contribution in [-0.2, 0) is 0 Å². The van der Waals surface area contributed by atoms with Crippen molar-refractivity contribution >= 4 is 15.9 Å². The van der Waals surface area contributed by atoms with E-state index in [1.54, 1.807) is 12.5 Å². The smallest absolute Gasteiger partial charge is 0.143 e. The average Bonchev–Trinajstić information content (AvgIpc) is 3.07. The van der Waals surface area contributed by atoms with Crippen molar-refractivity contribution in [3.05, 3.63) is 77.3 Å². The minimum absolute atomic E-state index is 0.183. The van der Waals surface area contributed by atoms with Gasteiger partial charge in [-0.25, -0.2) is 4.98 Å². The van der Waals surface area contributed by atoms with Crippen LogP contribution < -0.4 is 4.74 Å². The molecule has 0 amide bonds.